The third-order valence-corrected chi connectivity index (χ3v) is 3.47. The van der Waals surface area contributed by atoms with E-state index < -0.39 is 0 Å². The highest BCUT2D eigenvalue weighted by atomic mass is 19.1. The Hall–Kier alpha value is -1.58. The molecule has 0 spiro atoms. The van der Waals surface area contributed by atoms with Crippen molar-refractivity contribution in [1.29, 1.82) is 0 Å². The first-order valence-electron chi connectivity index (χ1n) is 8.72. The van der Waals surface area contributed by atoms with Gasteiger partial charge in [0.15, 0.2) is 11.5 Å². The summed E-state index contributed by atoms with van der Waals surface area (Å²) in [5.74, 6) is 1.02. The fraction of sp³-hybridized carbons (Fsp3) is 0.632. The van der Waals surface area contributed by atoms with Gasteiger partial charge in [-0.25, -0.2) is 4.39 Å². The number of ketones is 1. The number of ether oxygens (including phenoxy) is 2. The van der Waals surface area contributed by atoms with Gasteiger partial charge in [0.05, 0.1) is 13.2 Å². The van der Waals surface area contributed by atoms with Crippen LogP contribution in [0, 0.1) is 5.82 Å². The molecular formula is C19H29FO3. The number of benzene rings is 1. The minimum absolute atomic E-state index is 0.248. The number of halogens is 1. The molecule has 0 amide bonds. The van der Waals surface area contributed by atoms with Crippen LogP contribution in [-0.4, -0.2) is 19.0 Å². The molecule has 1 aromatic rings. The van der Waals surface area contributed by atoms with E-state index in [9.17, 15) is 9.18 Å². The zero-order chi connectivity index (χ0) is 17.1. The van der Waals surface area contributed by atoms with Gasteiger partial charge in [-0.3, -0.25) is 4.79 Å². The van der Waals surface area contributed by atoms with Gasteiger partial charge in [0.1, 0.15) is 11.6 Å². The number of Topliss-reactive ketones (excluding diaryl/α,β-unsaturated/α-hetero) is 1. The Morgan fingerprint density at radius 3 is 2.13 bits per heavy atom. The van der Waals surface area contributed by atoms with Crippen LogP contribution in [0.3, 0.4) is 0 Å². The van der Waals surface area contributed by atoms with Crippen LogP contribution in [0.5, 0.6) is 11.5 Å². The second-order valence-electron chi connectivity index (χ2n) is 5.73. The maximum Gasteiger partial charge on any atom is 0.164 e. The van der Waals surface area contributed by atoms with Crippen LogP contribution in [0.2, 0.25) is 0 Å². The minimum atomic E-state index is -0.289. The zero-order valence-corrected chi connectivity index (χ0v) is 14.6. The first-order chi connectivity index (χ1) is 11.1. The molecule has 1 rings (SSSR count). The van der Waals surface area contributed by atoms with Crippen molar-refractivity contribution in [2.75, 3.05) is 13.2 Å². The Morgan fingerprint density at radius 1 is 0.957 bits per heavy atom. The van der Waals surface area contributed by atoms with Gasteiger partial charge in [0, 0.05) is 18.9 Å². The van der Waals surface area contributed by atoms with Gasteiger partial charge in [0.2, 0.25) is 0 Å². The number of hydrogen-bond acceptors (Lipinski definition) is 3. The Bertz CT molecular complexity index is 486. The summed E-state index contributed by atoms with van der Waals surface area (Å²) in [6.07, 6.45) is 4.92. The average Bonchev–Trinajstić information content (AvgIpc) is 2.53. The van der Waals surface area contributed by atoms with E-state index in [0.29, 0.717) is 56.0 Å². The smallest absolute Gasteiger partial charge is 0.164 e. The standard InChI is InChI=1S/C19H29FO3/c1-4-8-16(21)10-7-9-15-13-18(22-11-5-2)19(14-17(15)20)23-12-6-3/h13-14H,4-12H2,1-3H3. The number of aryl methyl sites for hydroxylation is 1. The Labute approximate surface area is 139 Å². The molecule has 23 heavy (non-hydrogen) atoms. The molecule has 0 bridgehead atoms. The first-order valence-corrected chi connectivity index (χ1v) is 8.72. The maximum absolute atomic E-state index is 14.2. The molecule has 4 heteroatoms. The normalized spacial score (nSPS) is 10.6. The molecule has 130 valence electrons. The Morgan fingerprint density at radius 2 is 1.57 bits per heavy atom. The second kappa shape index (κ2) is 11.0. The summed E-state index contributed by atoms with van der Waals surface area (Å²) in [6, 6.07) is 3.13. The van der Waals surface area contributed by atoms with Gasteiger partial charge < -0.3 is 9.47 Å². The highest BCUT2D eigenvalue weighted by Gasteiger charge is 2.13. The second-order valence-corrected chi connectivity index (χ2v) is 5.73. The number of carbonyl (C=O) groups is 1. The first kappa shape index (κ1) is 19.5. The van der Waals surface area contributed by atoms with Crippen LogP contribution in [0.15, 0.2) is 12.1 Å². The SMILES string of the molecule is CCCOc1cc(F)c(CCCC(=O)CCC)cc1OCCC. The lowest BCUT2D eigenvalue weighted by atomic mass is 10.0. The average molecular weight is 324 g/mol. The molecule has 0 aromatic heterocycles. The van der Waals surface area contributed by atoms with Crippen LogP contribution in [0.1, 0.15) is 64.9 Å². The molecule has 0 aliphatic heterocycles. The van der Waals surface area contributed by atoms with Gasteiger partial charge >= 0.3 is 0 Å². The van der Waals surface area contributed by atoms with Gasteiger partial charge in [-0.1, -0.05) is 20.8 Å². The van der Waals surface area contributed by atoms with E-state index in [0.717, 1.165) is 19.3 Å². The molecule has 0 heterocycles. The van der Waals surface area contributed by atoms with Crippen molar-refractivity contribution < 1.29 is 18.7 Å². The van der Waals surface area contributed by atoms with Crippen LogP contribution in [0.4, 0.5) is 4.39 Å². The monoisotopic (exact) mass is 324 g/mol. The largest absolute Gasteiger partial charge is 0.490 e. The van der Waals surface area contributed by atoms with Gasteiger partial charge in [-0.05, 0) is 43.7 Å². The van der Waals surface area contributed by atoms with E-state index in [1.165, 1.54) is 6.07 Å². The minimum Gasteiger partial charge on any atom is -0.490 e. The van der Waals surface area contributed by atoms with E-state index in [4.69, 9.17) is 9.47 Å². The van der Waals surface area contributed by atoms with E-state index in [2.05, 4.69) is 0 Å². The molecular weight excluding hydrogens is 295 g/mol. The van der Waals surface area contributed by atoms with E-state index >= 15 is 0 Å². The van der Waals surface area contributed by atoms with Crippen molar-refractivity contribution in [1.82, 2.24) is 0 Å². The van der Waals surface area contributed by atoms with Gasteiger partial charge in [-0.15, -0.1) is 0 Å². The van der Waals surface area contributed by atoms with Gasteiger partial charge in [-0.2, -0.15) is 0 Å². The summed E-state index contributed by atoms with van der Waals surface area (Å²) in [4.78, 5) is 11.6. The molecule has 0 atom stereocenters. The molecule has 0 unspecified atom stereocenters. The third kappa shape index (κ3) is 7.02. The molecule has 0 fully saturated rings. The summed E-state index contributed by atoms with van der Waals surface area (Å²) in [6.45, 7) is 7.13. The summed E-state index contributed by atoms with van der Waals surface area (Å²) < 4.78 is 25.5. The van der Waals surface area contributed by atoms with Crippen molar-refractivity contribution >= 4 is 5.78 Å². The summed E-state index contributed by atoms with van der Waals surface area (Å²) in [7, 11) is 0. The van der Waals surface area contributed by atoms with Gasteiger partial charge in [0.25, 0.3) is 0 Å². The predicted octanol–water partition coefficient (Wildman–Crippen LogP) is 5.10. The molecule has 3 nitrogen and oxygen atoms in total. The third-order valence-electron chi connectivity index (χ3n) is 3.47. The molecule has 0 N–H and O–H groups in total. The summed E-state index contributed by atoms with van der Waals surface area (Å²) >= 11 is 0. The van der Waals surface area contributed by atoms with E-state index in [-0.39, 0.29) is 11.6 Å². The molecule has 0 saturated carbocycles. The Kier molecular flexibility index (Phi) is 9.34. The van der Waals surface area contributed by atoms with Crippen molar-refractivity contribution in [2.45, 2.75) is 65.7 Å². The molecule has 1 aromatic carbocycles. The van der Waals surface area contributed by atoms with Crippen molar-refractivity contribution in [3.63, 3.8) is 0 Å². The van der Waals surface area contributed by atoms with E-state index in [1.807, 2.05) is 20.8 Å². The summed E-state index contributed by atoms with van der Waals surface area (Å²) in [5.41, 5.74) is 0.587. The maximum atomic E-state index is 14.2. The molecule has 0 saturated heterocycles. The number of rotatable bonds is 12. The topological polar surface area (TPSA) is 35.5 Å². The molecule has 0 radical (unpaired) electrons. The van der Waals surface area contributed by atoms with Crippen LogP contribution in [-0.2, 0) is 11.2 Å². The number of hydrogen-bond donors (Lipinski definition) is 0. The van der Waals surface area contributed by atoms with E-state index in [1.54, 1.807) is 6.07 Å². The number of carbonyl (C=O) groups excluding carboxylic acids is 1. The highest BCUT2D eigenvalue weighted by molar-refractivity contribution is 5.78. The van der Waals surface area contributed by atoms with Crippen LogP contribution in [0.25, 0.3) is 0 Å². The quantitative estimate of drug-likeness (QED) is 0.537. The highest BCUT2D eigenvalue weighted by Crippen LogP contribution is 2.31. The lowest BCUT2D eigenvalue weighted by molar-refractivity contribution is -0.119. The van der Waals surface area contributed by atoms with Crippen molar-refractivity contribution in [3.8, 4) is 11.5 Å². The van der Waals surface area contributed by atoms with Crippen LogP contribution < -0.4 is 9.47 Å². The van der Waals surface area contributed by atoms with Crippen molar-refractivity contribution in [2.24, 2.45) is 0 Å². The fourth-order valence-corrected chi connectivity index (χ4v) is 2.30. The molecule has 0 aliphatic rings. The van der Waals surface area contributed by atoms with Crippen LogP contribution >= 0.6 is 0 Å². The zero-order valence-electron chi connectivity index (χ0n) is 14.6. The fourth-order valence-electron chi connectivity index (χ4n) is 2.30. The lowest BCUT2D eigenvalue weighted by Gasteiger charge is -2.14. The van der Waals surface area contributed by atoms with Crippen molar-refractivity contribution in [3.05, 3.63) is 23.5 Å². The predicted molar refractivity (Wildman–Crippen MR) is 90.8 cm³/mol. The summed E-state index contributed by atoms with van der Waals surface area (Å²) in [5, 5.41) is 0. The Balaban J connectivity index is 2.76. The molecule has 0 aliphatic carbocycles. The lowest BCUT2D eigenvalue weighted by Crippen LogP contribution is -2.04.